The van der Waals surface area contributed by atoms with Gasteiger partial charge in [-0.3, -0.25) is 0 Å². The van der Waals surface area contributed by atoms with Crippen LogP contribution in [0.4, 0.5) is 0 Å². The van der Waals surface area contributed by atoms with E-state index in [9.17, 15) is 0 Å². The zero-order chi connectivity index (χ0) is 10.4. The minimum absolute atomic E-state index is 0.617. The Morgan fingerprint density at radius 2 is 1.93 bits per heavy atom. The maximum absolute atomic E-state index is 3.51. The number of aryl methyl sites for hydroxylation is 1. The largest absolute Gasteiger partial charge is 0.310 e. The van der Waals surface area contributed by atoms with Gasteiger partial charge in [0.05, 0.1) is 0 Å². The van der Waals surface area contributed by atoms with Crippen molar-refractivity contribution >= 4 is 0 Å². The zero-order valence-corrected chi connectivity index (χ0v) is 9.51. The van der Waals surface area contributed by atoms with Gasteiger partial charge in [0.25, 0.3) is 0 Å². The van der Waals surface area contributed by atoms with Gasteiger partial charge < -0.3 is 5.32 Å². The molecule has 0 aromatic heterocycles. The zero-order valence-electron chi connectivity index (χ0n) is 9.51. The summed E-state index contributed by atoms with van der Waals surface area (Å²) in [6.45, 7) is 7.37. The highest BCUT2D eigenvalue weighted by Gasteiger charge is 2.16. The Hall–Kier alpha value is -0.820. The molecule has 1 heterocycles. The van der Waals surface area contributed by atoms with Gasteiger partial charge >= 0.3 is 0 Å². The van der Waals surface area contributed by atoms with Crippen LogP contribution in [0.1, 0.15) is 43.9 Å². The van der Waals surface area contributed by atoms with E-state index in [4.69, 9.17) is 0 Å². The molecule has 1 aromatic carbocycles. The smallest absolute Gasteiger partial charge is 0.0323 e. The van der Waals surface area contributed by atoms with Crippen molar-refractivity contribution in [3.8, 4) is 0 Å². The van der Waals surface area contributed by atoms with E-state index in [1.54, 1.807) is 0 Å². The average Bonchev–Trinajstić information content (AvgIpc) is 2.75. The minimum atomic E-state index is 0.617. The maximum atomic E-state index is 3.51. The Kier molecular flexibility index (Phi) is 4.68. The van der Waals surface area contributed by atoms with Crippen LogP contribution in [0.15, 0.2) is 24.3 Å². The average molecular weight is 191 g/mol. The molecular formula is C13H21N. The van der Waals surface area contributed by atoms with Crippen LogP contribution in [-0.4, -0.2) is 6.54 Å². The van der Waals surface area contributed by atoms with E-state index in [2.05, 4.69) is 36.5 Å². The van der Waals surface area contributed by atoms with Gasteiger partial charge in [-0.15, -0.1) is 0 Å². The normalized spacial score (nSPS) is 20.1. The van der Waals surface area contributed by atoms with Gasteiger partial charge in [0.15, 0.2) is 0 Å². The van der Waals surface area contributed by atoms with Gasteiger partial charge in [0, 0.05) is 6.04 Å². The standard InChI is InChI=1S/C11H15N.C2H6/c1-9-5-2-3-6-10(9)11-7-4-8-12-11;1-2/h2-3,5-6,11-12H,4,7-8H2,1H3;1-2H3. The van der Waals surface area contributed by atoms with E-state index in [-0.39, 0.29) is 0 Å². The summed E-state index contributed by atoms with van der Waals surface area (Å²) in [5.41, 5.74) is 2.90. The minimum Gasteiger partial charge on any atom is -0.310 e. The van der Waals surface area contributed by atoms with Crippen LogP contribution >= 0.6 is 0 Å². The summed E-state index contributed by atoms with van der Waals surface area (Å²) in [4.78, 5) is 0. The highest BCUT2D eigenvalue weighted by molar-refractivity contribution is 5.29. The molecule has 0 saturated carbocycles. The summed E-state index contributed by atoms with van der Waals surface area (Å²) in [6.07, 6.45) is 2.61. The number of hydrogen-bond acceptors (Lipinski definition) is 1. The van der Waals surface area contributed by atoms with E-state index in [1.807, 2.05) is 13.8 Å². The summed E-state index contributed by atoms with van der Waals surface area (Å²) in [6, 6.07) is 9.27. The van der Waals surface area contributed by atoms with Crippen molar-refractivity contribution < 1.29 is 0 Å². The second kappa shape index (κ2) is 5.82. The van der Waals surface area contributed by atoms with Crippen LogP contribution in [0, 0.1) is 6.92 Å². The molecule has 1 aromatic rings. The quantitative estimate of drug-likeness (QED) is 0.717. The number of hydrogen-bond donors (Lipinski definition) is 1. The monoisotopic (exact) mass is 191 g/mol. The molecule has 1 aliphatic heterocycles. The van der Waals surface area contributed by atoms with Gasteiger partial charge in [-0.05, 0) is 37.4 Å². The Bertz CT molecular complexity index is 262. The molecule has 0 spiro atoms. The van der Waals surface area contributed by atoms with Crippen LogP contribution < -0.4 is 5.32 Å². The maximum Gasteiger partial charge on any atom is 0.0323 e. The molecule has 1 N–H and O–H groups in total. The first kappa shape index (κ1) is 11.3. The van der Waals surface area contributed by atoms with Crippen molar-refractivity contribution in [2.75, 3.05) is 6.54 Å². The summed E-state index contributed by atoms with van der Waals surface area (Å²) in [7, 11) is 0. The third kappa shape index (κ3) is 2.58. The Balaban J connectivity index is 0.000000461. The van der Waals surface area contributed by atoms with Crippen molar-refractivity contribution in [2.24, 2.45) is 0 Å². The summed E-state index contributed by atoms with van der Waals surface area (Å²) >= 11 is 0. The van der Waals surface area contributed by atoms with E-state index < -0.39 is 0 Å². The van der Waals surface area contributed by atoms with E-state index >= 15 is 0 Å². The lowest BCUT2D eigenvalue weighted by molar-refractivity contribution is 0.644. The summed E-state index contributed by atoms with van der Waals surface area (Å²) in [5.74, 6) is 0. The van der Waals surface area contributed by atoms with Crippen molar-refractivity contribution in [3.05, 3.63) is 35.4 Å². The van der Waals surface area contributed by atoms with E-state index in [1.165, 1.54) is 30.5 Å². The first-order valence-corrected chi connectivity index (χ1v) is 5.67. The predicted octanol–water partition coefficient (Wildman–Crippen LogP) is 3.45. The topological polar surface area (TPSA) is 12.0 Å². The molecule has 0 aliphatic carbocycles. The molecule has 1 unspecified atom stereocenters. The van der Waals surface area contributed by atoms with Crippen molar-refractivity contribution in [3.63, 3.8) is 0 Å². The second-order valence-electron chi connectivity index (χ2n) is 3.51. The molecule has 1 saturated heterocycles. The lowest BCUT2D eigenvalue weighted by atomic mass is 10.0. The Labute approximate surface area is 87.5 Å². The summed E-state index contributed by atoms with van der Waals surface area (Å²) in [5, 5.41) is 3.51. The fraction of sp³-hybridized carbons (Fsp3) is 0.538. The van der Waals surface area contributed by atoms with Crippen LogP contribution in [0.5, 0.6) is 0 Å². The van der Waals surface area contributed by atoms with Crippen molar-refractivity contribution in [1.29, 1.82) is 0 Å². The van der Waals surface area contributed by atoms with E-state index in [0.29, 0.717) is 6.04 Å². The highest BCUT2D eigenvalue weighted by atomic mass is 14.9. The van der Waals surface area contributed by atoms with Crippen LogP contribution in [-0.2, 0) is 0 Å². The molecule has 0 radical (unpaired) electrons. The third-order valence-electron chi connectivity index (χ3n) is 2.62. The Morgan fingerprint density at radius 3 is 2.50 bits per heavy atom. The molecule has 0 amide bonds. The predicted molar refractivity (Wildman–Crippen MR) is 62.5 cm³/mol. The highest BCUT2D eigenvalue weighted by Crippen LogP contribution is 2.24. The molecule has 0 bridgehead atoms. The van der Waals surface area contributed by atoms with Gasteiger partial charge in [-0.1, -0.05) is 38.1 Å². The molecular weight excluding hydrogens is 170 g/mol. The van der Waals surface area contributed by atoms with Crippen molar-refractivity contribution in [2.45, 2.75) is 39.7 Å². The first-order chi connectivity index (χ1) is 6.88. The van der Waals surface area contributed by atoms with Crippen LogP contribution in [0.25, 0.3) is 0 Å². The fourth-order valence-corrected chi connectivity index (χ4v) is 1.93. The fourth-order valence-electron chi connectivity index (χ4n) is 1.93. The first-order valence-electron chi connectivity index (χ1n) is 5.67. The lowest BCUT2D eigenvalue weighted by Crippen LogP contribution is -2.13. The number of nitrogens with one attached hydrogen (secondary N) is 1. The molecule has 1 atom stereocenters. The SMILES string of the molecule is CC.Cc1ccccc1C1CCCN1. The van der Waals surface area contributed by atoms with Gasteiger partial charge in [0.2, 0.25) is 0 Å². The molecule has 14 heavy (non-hydrogen) atoms. The molecule has 1 aliphatic rings. The third-order valence-corrected chi connectivity index (χ3v) is 2.62. The lowest BCUT2D eigenvalue weighted by Gasteiger charge is -2.12. The molecule has 78 valence electrons. The van der Waals surface area contributed by atoms with E-state index in [0.717, 1.165) is 0 Å². The summed E-state index contributed by atoms with van der Waals surface area (Å²) < 4.78 is 0. The van der Waals surface area contributed by atoms with Crippen LogP contribution in [0.2, 0.25) is 0 Å². The molecule has 2 rings (SSSR count). The number of rotatable bonds is 1. The van der Waals surface area contributed by atoms with Gasteiger partial charge in [-0.2, -0.15) is 0 Å². The Morgan fingerprint density at radius 1 is 1.21 bits per heavy atom. The second-order valence-corrected chi connectivity index (χ2v) is 3.51. The molecule has 1 nitrogen and oxygen atoms in total. The van der Waals surface area contributed by atoms with Gasteiger partial charge in [-0.25, -0.2) is 0 Å². The van der Waals surface area contributed by atoms with Gasteiger partial charge in [0.1, 0.15) is 0 Å². The van der Waals surface area contributed by atoms with Crippen LogP contribution in [0.3, 0.4) is 0 Å². The van der Waals surface area contributed by atoms with Crippen molar-refractivity contribution in [1.82, 2.24) is 5.32 Å². The number of benzene rings is 1. The molecule has 1 heteroatoms. The molecule has 1 fully saturated rings.